The summed E-state index contributed by atoms with van der Waals surface area (Å²) < 4.78 is 0. The molecular weight excluding hydrogens is 262 g/mol. The van der Waals surface area contributed by atoms with Gasteiger partial charge in [0.05, 0.1) is 10.6 Å². The number of nitrogens with zero attached hydrogens (tertiary/aromatic N) is 1. The highest BCUT2D eigenvalue weighted by molar-refractivity contribution is 5.84. The molecule has 0 fully saturated rings. The van der Waals surface area contributed by atoms with Crippen molar-refractivity contribution in [3.05, 3.63) is 28.3 Å². The largest absolute Gasteiger partial charge is 0.374 e. The second kappa shape index (κ2) is 7.29. The zero-order valence-electron chi connectivity index (χ0n) is 11.5. The van der Waals surface area contributed by atoms with E-state index in [1.165, 1.54) is 12.1 Å². The first-order valence-electron chi connectivity index (χ1n) is 6.28. The van der Waals surface area contributed by atoms with E-state index < -0.39 is 11.0 Å². The standard InChI is InChI=1S/C12H19N5O3/c1-3-4-14-12(18)8(2)15-9-5-10(16-13)7-11(6-9)17(19)20/h5-8,15-16H,3-4,13H2,1-2H3,(H,14,18). The van der Waals surface area contributed by atoms with Gasteiger partial charge < -0.3 is 16.1 Å². The Morgan fingerprint density at radius 3 is 2.60 bits per heavy atom. The predicted molar refractivity (Wildman–Crippen MR) is 77.3 cm³/mol. The summed E-state index contributed by atoms with van der Waals surface area (Å²) >= 11 is 0. The molecule has 1 aromatic carbocycles. The highest BCUT2D eigenvalue weighted by Crippen LogP contribution is 2.24. The Balaban J connectivity index is 2.83. The maximum atomic E-state index is 11.7. The third kappa shape index (κ3) is 4.39. The zero-order chi connectivity index (χ0) is 15.1. The predicted octanol–water partition coefficient (Wildman–Crippen LogP) is 1.21. The number of nitrogens with two attached hydrogens (primary N) is 1. The van der Waals surface area contributed by atoms with Gasteiger partial charge in [-0.05, 0) is 19.4 Å². The maximum absolute atomic E-state index is 11.7. The van der Waals surface area contributed by atoms with Crippen molar-refractivity contribution in [2.45, 2.75) is 26.3 Å². The fraction of sp³-hybridized carbons (Fsp3) is 0.417. The van der Waals surface area contributed by atoms with Gasteiger partial charge in [-0.25, -0.2) is 0 Å². The Morgan fingerprint density at radius 2 is 2.05 bits per heavy atom. The third-order valence-electron chi connectivity index (χ3n) is 2.62. The van der Waals surface area contributed by atoms with Gasteiger partial charge in [0.2, 0.25) is 5.91 Å². The highest BCUT2D eigenvalue weighted by Gasteiger charge is 2.15. The SMILES string of the molecule is CCCNC(=O)C(C)Nc1cc(NN)cc([N+](=O)[O-])c1. The molecule has 0 bridgehead atoms. The first-order valence-corrected chi connectivity index (χ1v) is 6.28. The average Bonchev–Trinajstić information content (AvgIpc) is 2.43. The Morgan fingerprint density at radius 1 is 1.40 bits per heavy atom. The fourth-order valence-electron chi connectivity index (χ4n) is 1.60. The van der Waals surface area contributed by atoms with Gasteiger partial charge >= 0.3 is 0 Å². The summed E-state index contributed by atoms with van der Waals surface area (Å²) in [5.41, 5.74) is 3.09. The molecule has 1 atom stereocenters. The van der Waals surface area contributed by atoms with Crippen LogP contribution in [0.25, 0.3) is 0 Å². The number of rotatable bonds is 7. The van der Waals surface area contributed by atoms with E-state index in [0.29, 0.717) is 17.9 Å². The van der Waals surface area contributed by atoms with Gasteiger partial charge in [-0.3, -0.25) is 20.8 Å². The molecule has 8 heteroatoms. The van der Waals surface area contributed by atoms with E-state index in [1.807, 2.05) is 6.92 Å². The number of carbonyl (C=O) groups excluding carboxylic acids is 1. The Kier molecular flexibility index (Phi) is 5.73. The van der Waals surface area contributed by atoms with E-state index >= 15 is 0 Å². The molecule has 0 saturated carbocycles. The van der Waals surface area contributed by atoms with Crippen LogP contribution in [0.3, 0.4) is 0 Å². The van der Waals surface area contributed by atoms with E-state index in [4.69, 9.17) is 5.84 Å². The third-order valence-corrected chi connectivity index (χ3v) is 2.62. The number of anilines is 2. The number of hydrogen-bond donors (Lipinski definition) is 4. The lowest BCUT2D eigenvalue weighted by atomic mass is 10.2. The van der Waals surface area contributed by atoms with Crippen LogP contribution in [0.15, 0.2) is 18.2 Å². The topological polar surface area (TPSA) is 122 Å². The molecule has 0 heterocycles. The number of nitro groups is 1. The maximum Gasteiger partial charge on any atom is 0.273 e. The van der Waals surface area contributed by atoms with E-state index in [1.54, 1.807) is 13.0 Å². The van der Waals surface area contributed by atoms with Gasteiger partial charge in [0.25, 0.3) is 5.69 Å². The number of nitrogen functional groups attached to an aromatic ring is 1. The van der Waals surface area contributed by atoms with Crippen LogP contribution >= 0.6 is 0 Å². The van der Waals surface area contributed by atoms with Crippen LogP contribution in [0.4, 0.5) is 17.1 Å². The van der Waals surface area contributed by atoms with E-state index in [-0.39, 0.29) is 11.6 Å². The molecule has 1 aromatic rings. The Labute approximate surface area is 116 Å². The smallest absolute Gasteiger partial charge is 0.273 e. The molecule has 0 aliphatic carbocycles. The molecule has 1 rings (SSSR count). The molecule has 20 heavy (non-hydrogen) atoms. The Hall–Kier alpha value is -2.35. The zero-order valence-corrected chi connectivity index (χ0v) is 11.5. The number of amides is 1. The summed E-state index contributed by atoms with van der Waals surface area (Å²) in [7, 11) is 0. The summed E-state index contributed by atoms with van der Waals surface area (Å²) in [4.78, 5) is 22.0. The summed E-state index contributed by atoms with van der Waals surface area (Å²) in [5.74, 6) is 5.10. The summed E-state index contributed by atoms with van der Waals surface area (Å²) in [6.45, 7) is 4.23. The lowest BCUT2D eigenvalue weighted by Crippen LogP contribution is -2.37. The minimum atomic E-state index is -0.520. The second-order valence-corrected chi connectivity index (χ2v) is 4.33. The highest BCUT2D eigenvalue weighted by atomic mass is 16.6. The molecule has 5 N–H and O–H groups in total. The van der Waals surface area contributed by atoms with Crippen LogP contribution in [0, 0.1) is 10.1 Å². The number of nitro benzene ring substituents is 1. The van der Waals surface area contributed by atoms with Crippen LogP contribution in [0.2, 0.25) is 0 Å². The van der Waals surface area contributed by atoms with Crippen LogP contribution in [0.5, 0.6) is 0 Å². The molecule has 0 saturated heterocycles. The van der Waals surface area contributed by atoms with Crippen molar-refractivity contribution in [3.63, 3.8) is 0 Å². The van der Waals surface area contributed by atoms with Crippen molar-refractivity contribution >= 4 is 23.0 Å². The number of hydrazine groups is 1. The van der Waals surface area contributed by atoms with Crippen molar-refractivity contribution in [2.75, 3.05) is 17.3 Å². The van der Waals surface area contributed by atoms with Crippen molar-refractivity contribution in [2.24, 2.45) is 5.84 Å². The molecule has 0 aromatic heterocycles. The first kappa shape index (κ1) is 15.7. The number of benzene rings is 1. The molecule has 0 radical (unpaired) electrons. The van der Waals surface area contributed by atoms with Gasteiger partial charge in [0, 0.05) is 24.4 Å². The number of non-ortho nitro benzene ring substituents is 1. The number of carbonyl (C=O) groups is 1. The van der Waals surface area contributed by atoms with E-state index in [2.05, 4.69) is 16.1 Å². The molecule has 0 aliphatic heterocycles. The fourth-order valence-corrected chi connectivity index (χ4v) is 1.60. The average molecular weight is 281 g/mol. The van der Waals surface area contributed by atoms with Crippen LogP contribution < -0.4 is 21.9 Å². The molecule has 1 amide bonds. The monoisotopic (exact) mass is 281 g/mol. The number of hydrogen-bond acceptors (Lipinski definition) is 6. The van der Waals surface area contributed by atoms with Gasteiger partial charge in [0.1, 0.15) is 6.04 Å². The molecule has 8 nitrogen and oxygen atoms in total. The van der Waals surface area contributed by atoms with Crippen molar-refractivity contribution in [3.8, 4) is 0 Å². The van der Waals surface area contributed by atoms with Crippen molar-refractivity contribution in [1.29, 1.82) is 0 Å². The molecular formula is C12H19N5O3. The van der Waals surface area contributed by atoms with Gasteiger partial charge in [0.15, 0.2) is 0 Å². The van der Waals surface area contributed by atoms with Crippen LogP contribution in [-0.2, 0) is 4.79 Å². The van der Waals surface area contributed by atoms with Crippen molar-refractivity contribution in [1.82, 2.24) is 5.32 Å². The van der Waals surface area contributed by atoms with Gasteiger partial charge in [-0.1, -0.05) is 6.92 Å². The summed E-state index contributed by atoms with van der Waals surface area (Å²) in [6, 6.07) is 3.75. The number of nitrogens with one attached hydrogen (secondary N) is 3. The van der Waals surface area contributed by atoms with Gasteiger partial charge in [-0.2, -0.15) is 0 Å². The minimum absolute atomic E-state index is 0.107. The van der Waals surface area contributed by atoms with E-state index in [9.17, 15) is 14.9 Å². The molecule has 0 aliphatic rings. The Bertz CT molecular complexity index is 492. The summed E-state index contributed by atoms with van der Waals surface area (Å²) in [5, 5.41) is 16.5. The normalized spacial score (nSPS) is 11.6. The second-order valence-electron chi connectivity index (χ2n) is 4.33. The lowest BCUT2D eigenvalue weighted by Gasteiger charge is -2.15. The molecule has 110 valence electrons. The van der Waals surface area contributed by atoms with Crippen LogP contribution in [0.1, 0.15) is 20.3 Å². The van der Waals surface area contributed by atoms with Crippen molar-refractivity contribution < 1.29 is 9.72 Å². The van der Waals surface area contributed by atoms with Gasteiger partial charge in [-0.15, -0.1) is 0 Å². The first-order chi connectivity index (χ1) is 9.47. The minimum Gasteiger partial charge on any atom is -0.374 e. The quantitative estimate of drug-likeness (QED) is 0.338. The summed E-state index contributed by atoms with van der Waals surface area (Å²) in [6.07, 6.45) is 0.844. The lowest BCUT2D eigenvalue weighted by molar-refractivity contribution is -0.384. The molecule has 1 unspecified atom stereocenters. The van der Waals surface area contributed by atoms with Crippen LogP contribution in [-0.4, -0.2) is 23.4 Å². The molecule has 0 spiro atoms. The van der Waals surface area contributed by atoms with E-state index in [0.717, 1.165) is 6.42 Å².